The average molecular weight is 356 g/mol. The van der Waals surface area contributed by atoms with E-state index in [-0.39, 0.29) is 0 Å². The van der Waals surface area contributed by atoms with Crippen LogP contribution in [-0.2, 0) is 19.6 Å². The van der Waals surface area contributed by atoms with Crippen molar-refractivity contribution in [2.75, 3.05) is 0 Å². The first kappa shape index (κ1) is 19.1. The van der Waals surface area contributed by atoms with Crippen LogP contribution >= 0.6 is 0 Å². The van der Waals surface area contributed by atoms with Crippen molar-refractivity contribution in [2.24, 2.45) is 0 Å². The van der Waals surface area contributed by atoms with Crippen LogP contribution in [0.5, 0.6) is 0 Å². The smallest absolute Gasteiger partial charge is 0.243 e. The van der Waals surface area contributed by atoms with Crippen LogP contribution in [0, 0.1) is 27.7 Å². The van der Waals surface area contributed by atoms with Crippen molar-refractivity contribution in [2.45, 2.75) is 27.7 Å². The van der Waals surface area contributed by atoms with E-state index in [0.717, 1.165) is 22.3 Å². The van der Waals surface area contributed by atoms with Crippen molar-refractivity contribution < 1.29 is 29.1 Å². The molecule has 0 aromatic heterocycles. The molecule has 0 unspecified atom stereocenters. The lowest BCUT2D eigenvalue weighted by Gasteiger charge is -2.11. The van der Waals surface area contributed by atoms with Crippen LogP contribution in [0.2, 0.25) is 0 Å². The molecule has 2 aromatic rings. The second-order valence-electron chi connectivity index (χ2n) is 5.81. The molecule has 0 N–H and O–H groups in total. The standard InChI is InChI=1S/C20H20O6/c1-12-8-6-9-13(2)17(12)19(21)25-23-16(5)24-26-20(22)18-14(3)10-7-11-15(18)4/h6-11H,5H2,1-4H3. The van der Waals surface area contributed by atoms with Crippen LogP contribution < -0.4 is 0 Å². The van der Waals surface area contributed by atoms with E-state index < -0.39 is 17.9 Å². The van der Waals surface area contributed by atoms with Crippen LogP contribution in [0.3, 0.4) is 0 Å². The van der Waals surface area contributed by atoms with Crippen molar-refractivity contribution in [3.63, 3.8) is 0 Å². The largest absolute Gasteiger partial charge is 0.386 e. The van der Waals surface area contributed by atoms with Gasteiger partial charge in [-0.25, -0.2) is 29.1 Å². The van der Waals surface area contributed by atoms with E-state index in [1.807, 2.05) is 12.1 Å². The van der Waals surface area contributed by atoms with Gasteiger partial charge in [0.25, 0.3) is 0 Å². The van der Waals surface area contributed by atoms with E-state index >= 15 is 0 Å². The molecule has 0 aliphatic carbocycles. The van der Waals surface area contributed by atoms with E-state index in [1.54, 1.807) is 52.0 Å². The third kappa shape index (κ3) is 4.42. The number of rotatable bonds is 6. The molecule has 0 heterocycles. The summed E-state index contributed by atoms with van der Waals surface area (Å²) in [5, 5.41) is 0. The zero-order chi connectivity index (χ0) is 19.3. The second-order valence-corrected chi connectivity index (χ2v) is 5.81. The third-order valence-corrected chi connectivity index (χ3v) is 3.79. The van der Waals surface area contributed by atoms with Crippen molar-refractivity contribution in [3.05, 3.63) is 82.3 Å². The van der Waals surface area contributed by atoms with Gasteiger partial charge in [0.1, 0.15) is 0 Å². The van der Waals surface area contributed by atoms with Crippen LogP contribution in [0.25, 0.3) is 0 Å². The highest BCUT2D eigenvalue weighted by Crippen LogP contribution is 2.17. The Labute approximate surface area is 151 Å². The molecule has 6 nitrogen and oxygen atoms in total. The van der Waals surface area contributed by atoms with Gasteiger partial charge < -0.3 is 0 Å². The van der Waals surface area contributed by atoms with Gasteiger partial charge in [0.15, 0.2) is 0 Å². The van der Waals surface area contributed by atoms with Gasteiger partial charge in [0, 0.05) is 0 Å². The quantitative estimate of drug-likeness (QED) is 0.437. The Morgan fingerprint density at radius 1 is 0.654 bits per heavy atom. The highest BCUT2D eigenvalue weighted by atomic mass is 17.3. The minimum absolute atomic E-state index is 0.382. The molecule has 0 bridgehead atoms. The zero-order valence-electron chi connectivity index (χ0n) is 15.1. The summed E-state index contributed by atoms with van der Waals surface area (Å²) in [4.78, 5) is 42.9. The fourth-order valence-corrected chi connectivity index (χ4v) is 2.54. The summed E-state index contributed by atoms with van der Waals surface area (Å²) in [6.45, 7) is 10.5. The summed E-state index contributed by atoms with van der Waals surface area (Å²) in [5.41, 5.74) is 3.73. The molecule has 0 aliphatic heterocycles. The predicted molar refractivity (Wildman–Crippen MR) is 94.0 cm³/mol. The summed E-state index contributed by atoms with van der Waals surface area (Å²) in [7, 11) is 0. The fraction of sp³-hybridized carbons (Fsp3) is 0.200. The molecule has 0 saturated heterocycles. The second kappa shape index (κ2) is 8.20. The van der Waals surface area contributed by atoms with E-state index in [1.165, 1.54) is 0 Å². The number of hydrogen-bond acceptors (Lipinski definition) is 6. The van der Waals surface area contributed by atoms with Crippen LogP contribution in [0.1, 0.15) is 43.0 Å². The van der Waals surface area contributed by atoms with Crippen molar-refractivity contribution in [3.8, 4) is 0 Å². The lowest BCUT2D eigenvalue weighted by Crippen LogP contribution is -2.13. The molecule has 2 rings (SSSR count). The highest BCUT2D eigenvalue weighted by molar-refractivity contribution is 5.92. The zero-order valence-corrected chi connectivity index (χ0v) is 15.1. The van der Waals surface area contributed by atoms with Crippen molar-refractivity contribution >= 4 is 11.9 Å². The Morgan fingerprint density at radius 3 is 1.27 bits per heavy atom. The summed E-state index contributed by atoms with van der Waals surface area (Å²) in [6, 6.07) is 10.8. The van der Waals surface area contributed by atoms with Gasteiger partial charge in [-0.3, -0.25) is 0 Å². The third-order valence-electron chi connectivity index (χ3n) is 3.79. The normalized spacial score (nSPS) is 10.0. The summed E-state index contributed by atoms with van der Waals surface area (Å²) in [6.07, 6.45) is 0. The van der Waals surface area contributed by atoms with Gasteiger partial charge in [-0.05, 0) is 56.5 Å². The summed E-state index contributed by atoms with van der Waals surface area (Å²) >= 11 is 0. The summed E-state index contributed by atoms with van der Waals surface area (Å²) in [5.74, 6) is -1.89. The first-order chi connectivity index (χ1) is 12.3. The Kier molecular flexibility index (Phi) is 6.01. The molecule has 0 radical (unpaired) electrons. The van der Waals surface area contributed by atoms with E-state index in [0.29, 0.717) is 11.1 Å². The Morgan fingerprint density at radius 2 is 0.962 bits per heavy atom. The van der Waals surface area contributed by atoms with Crippen molar-refractivity contribution in [1.29, 1.82) is 0 Å². The predicted octanol–water partition coefficient (Wildman–Crippen LogP) is 4.27. The van der Waals surface area contributed by atoms with E-state index in [4.69, 9.17) is 0 Å². The maximum atomic E-state index is 12.1. The fourth-order valence-electron chi connectivity index (χ4n) is 2.54. The number of carbonyl (C=O) groups excluding carboxylic acids is 2. The van der Waals surface area contributed by atoms with Gasteiger partial charge >= 0.3 is 17.9 Å². The maximum absolute atomic E-state index is 12.1. The van der Waals surface area contributed by atoms with Crippen LogP contribution in [0.4, 0.5) is 0 Å². The lowest BCUT2D eigenvalue weighted by atomic mass is 10.0. The maximum Gasteiger partial charge on any atom is 0.386 e. The molecule has 0 saturated carbocycles. The number of hydrogen-bond donors (Lipinski definition) is 0. The molecule has 26 heavy (non-hydrogen) atoms. The summed E-state index contributed by atoms with van der Waals surface area (Å²) < 4.78 is 0. The Bertz CT molecular complexity index is 743. The first-order valence-electron chi connectivity index (χ1n) is 7.90. The average Bonchev–Trinajstić information content (AvgIpc) is 2.57. The number of aryl methyl sites for hydroxylation is 4. The molecule has 2 aromatic carbocycles. The molecule has 0 spiro atoms. The van der Waals surface area contributed by atoms with Gasteiger partial charge in [0.05, 0.1) is 11.1 Å². The molecular formula is C20H20O6. The molecular weight excluding hydrogens is 336 g/mol. The monoisotopic (exact) mass is 356 g/mol. The molecule has 0 amide bonds. The Balaban J connectivity index is 1.90. The molecule has 0 aliphatic rings. The van der Waals surface area contributed by atoms with Gasteiger partial charge in [-0.2, -0.15) is 0 Å². The minimum atomic E-state index is -0.702. The molecule has 136 valence electrons. The van der Waals surface area contributed by atoms with Crippen molar-refractivity contribution in [1.82, 2.24) is 0 Å². The van der Waals surface area contributed by atoms with E-state index in [9.17, 15) is 9.59 Å². The highest BCUT2D eigenvalue weighted by Gasteiger charge is 2.18. The number of carbonyl (C=O) groups is 2. The molecule has 6 heteroatoms. The van der Waals surface area contributed by atoms with Crippen LogP contribution in [-0.4, -0.2) is 11.9 Å². The topological polar surface area (TPSA) is 71.1 Å². The van der Waals surface area contributed by atoms with Gasteiger partial charge in [0.2, 0.25) is 0 Å². The minimum Gasteiger partial charge on any atom is -0.243 e. The Hall–Kier alpha value is -3.28. The van der Waals surface area contributed by atoms with Gasteiger partial charge in [-0.1, -0.05) is 36.4 Å². The van der Waals surface area contributed by atoms with Gasteiger partial charge in [-0.15, -0.1) is 0 Å². The molecule has 0 fully saturated rings. The van der Waals surface area contributed by atoms with Crippen LogP contribution in [0.15, 0.2) is 48.9 Å². The SMILES string of the molecule is C=C(OOC(=O)c1c(C)cccc1C)OOC(=O)c1c(C)cccc1C. The van der Waals surface area contributed by atoms with E-state index in [2.05, 4.69) is 26.1 Å². The molecule has 0 atom stereocenters. The first-order valence-corrected chi connectivity index (χ1v) is 7.90. The number of benzene rings is 2. The lowest BCUT2D eigenvalue weighted by molar-refractivity contribution is -0.317.